The number of fused-ring (bicyclic) bond motifs is 1. The van der Waals surface area contributed by atoms with Gasteiger partial charge in [-0.25, -0.2) is 9.98 Å². The molecule has 29 heavy (non-hydrogen) atoms. The van der Waals surface area contributed by atoms with Gasteiger partial charge in [-0.2, -0.15) is 0 Å². The molecule has 3 aromatic rings. The maximum atomic E-state index is 12.7. The van der Waals surface area contributed by atoms with Crippen molar-refractivity contribution in [1.82, 2.24) is 9.55 Å². The van der Waals surface area contributed by atoms with E-state index in [9.17, 15) is 14.9 Å². The minimum atomic E-state index is -0.930. The largest absolute Gasteiger partial charge is 0.326 e. The van der Waals surface area contributed by atoms with E-state index in [0.29, 0.717) is 17.2 Å². The molecule has 0 bridgehead atoms. The summed E-state index contributed by atoms with van der Waals surface area (Å²) in [5, 5.41) is 17.7. The second-order valence-corrected chi connectivity index (χ2v) is 6.72. The third kappa shape index (κ3) is 3.57. The Morgan fingerprint density at radius 1 is 1.14 bits per heavy atom. The normalized spacial score (nSPS) is 15.1. The summed E-state index contributed by atoms with van der Waals surface area (Å²) in [7, 11) is 0. The van der Waals surface area contributed by atoms with Crippen molar-refractivity contribution in [2.45, 2.75) is 20.0 Å². The van der Waals surface area contributed by atoms with Gasteiger partial charge in [0, 0.05) is 23.5 Å². The van der Waals surface area contributed by atoms with Crippen LogP contribution in [0.25, 0.3) is 0 Å². The fourth-order valence-corrected chi connectivity index (χ4v) is 3.25. The van der Waals surface area contributed by atoms with Gasteiger partial charge in [0.25, 0.3) is 11.2 Å². The molecule has 2 heterocycles. The van der Waals surface area contributed by atoms with Crippen molar-refractivity contribution in [3.8, 4) is 0 Å². The van der Waals surface area contributed by atoms with E-state index in [0.717, 1.165) is 11.3 Å². The Morgan fingerprint density at radius 2 is 1.93 bits per heavy atom. The predicted octanol–water partition coefficient (Wildman–Crippen LogP) is 3.21. The van der Waals surface area contributed by atoms with Crippen LogP contribution in [0.1, 0.15) is 23.0 Å². The van der Waals surface area contributed by atoms with E-state index in [1.165, 1.54) is 16.7 Å². The van der Waals surface area contributed by atoms with Crippen LogP contribution in [0, 0.1) is 24.0 Å². The van der Waals surface area contributed by atoms with Gasteiger partial charge in [-0.3, -0.25) is 24.8 Å². The number of para-hydroxylation sites is 1. The van der Waals surface area contributed by atoms with Crippen LogP contribution in [0.2, 0.25) is 0 Å². The van der Waals surface area contributed by atoms with Crippen LogP contribution in [-0.4, -0.2) is 20.4 Å². The van der Waals surface area contributed by atoms with Crippen molar-refractivity contribution in [3.05, 3.63) is 91.9 Å². The first kappa shape index (κ1) is 18.4. The standard InChI is InChI=1S/C20H18N6O3/c1-12-6-5-7-14(10-12)22-19-23-18(15-8-3-4-9-16(15)26(28)29)25-17(27)11-13(2)21-20(25)24-19/h3-11,18H,1-2H3,(H2,21,22,23,24)/t18-/m1/s1. The SMILES string of the molecule is Cc1cccc(NC2=N[C@@H](c3ccccc3[N+](=O)[O-])n3c(nc(C)cc3=O)N2)c1. The van der Waals surface area contributed by atoms with Gasteiger partial charge in [0.05, 0.1) is 10.5 Å². The fraction of sp³-hybridized carbons (Fsp3) is 0.150. The highest BCUT2D eigenvalue weighted by Crippen LogP contribution is 2.31. The van der Waals surface area contributed by atoms with E-state index in [1.54, 1.807) is 25.1 Å². The first-order valence-electron chi connectivity index (χ1n) is 8.94. The van der Waals surface area contributed by atoms with Crippen LogP contribution in [0.5, 0.6) is 0 Å². The maximum absolute atomic E-state index is 12.7. The van der Waals surface area contributed by atoms with E-state index < -0.39 is 11.1 Å². The maximum Gasteiger partial charge on any atom is 0.276 e. The third-order valence-electron chi connectivity index (χ3n) is 4.50. The summed E-state index contributed by atoms with van der Waals surface area (Å²) in [5.41, 5.74) is 2.23. The summed E-state index contributed by atoms with van der Waals surface area (Å²) >= 11 is 0. The number of aliphatic imine (C=N–C) groups is 1. The zero-order valence-electron chi connectivity index (χ0n) is 15.8. The number of aromatic nitrogens is 2. The number of nitro benzene ring substituents is 1. The number of guanidine groups is 1. The quantitative estimate of drug-likeness (QED) is 0.524. The van der Waals surface area contributed by atoms with Gasteiger partial charge in [-0.05, 0) is 37.6 Å². The van der Waals surface area contributed by atoms with Crippen molar-refractivity contribution in [2.24, 2.45) is 4.99 Å². The number of aryl methyl sites for hydroxylation is 2. The lowest BCUT2D eigenvalue weighted by molar-refractivity contribution is -0.385. The summed E-state index contributed by atoms with van der Waals surface area (Å²) in [6.07, 6.45) is -0.930. The van der Waals surface area contributed by atoms with Crippen LogP contribution in [0.15, 0.2) is 64.4 Å². The molecule has 146 valence electrons. The Kier molecular flexibility index (Phi) is 4.55. The molecule has 0 amide bonds. The summed E-state index contributed by atoms with van der Waals surface area (Å²) in [4.78, 5) is 32.7. The molecule has 1 atom stereocenters. The van der Waals surface area contributed by atoms with Gasteiger partial charge >= 0.3 is 0 Å². The first-order valence-corrected chi connectivity index (χ1v) is 8.94. The summed E-state index contributed by atoms with van der Waals surface area (Å²) in [6.45, 7) is 3.68. The number of nitrogens with zero attached hydrogens (tertiary/aromatic N) is 4. The van der Waals surface area contributed by atoms with Crippen LogP contribution < -0.4 is 16.2 Å². The van der Waals surface area contributed by atoms with E-state index in [-0.39, 0.29) is 17.2 Å². The fourth-order valence-electron chi connectivity index (χ4n) is 3.25. The smallest absolute Gasteiger partial charge is 0.276 e. The Hall–Kier alpha value is -4.01. The van der Waals surface area contributed by atoms with E-state index in [4.69, 9.17) is 0 Å². The van der Waals surface area contributed by atoms with Crippen molar-refractivity contribution in [3.63, 3.8) is 0 Å². The van der Waals surface area contributed by atoms with Crippen LogP contribution in [0.4, 0.5) is 17.3 Å². The van der Waals surface area contributed by atoms with Gasteiger partial charge in [-0.15, -0.1) is 0 Å². The highest BCUT2D eigenvalue weighted by atomic mass is 16.6. The number of hydrogen-bond acceptors (Lipinski definition) is 7. The Morgan fingerprint density at radius 3 is 2.69 bits per heavy atom. The summed E-state index contributed by atoms with van der Waals surface area (Å²) in [5.74, 6) is 0.611. The first-order chi connectivity index (χ1) is 13.9. The molecule has 9 heteroatoms. The zero-order valence-corrected chi connectivity index (χ0v) is 15.8. The minimum absolute atomic E-state index is 0.114. The van der Waals surface area contributed by atoms with Gasteiger partial charge in [0.1, 0.15) is 0 Å². The average molecular weight is 390 g/mol. The van der Waals surface area contributed by atoms with Crippen LogP contribution >= 0.6 is 0 Å². The Labute approximate surface area is 165 Å². The molecule has 2 aromatic carbocycles. The van der Waals surface area contributed by atoms with E-state index in [1.807, 2.05) is 31.2 Å². The summed E-state index contributed by atoms with van der Waals surface area (Å²) in [6, 6.07) is 15.3. The molecule has 4 rings (SSSR count). The monoisotopic (exact) mass is 390 g/mol. The van der Waals surface area contributed by atoms with Gasteiger partial charge < -0.3 is 5.32 Å². The number of benzene rings is 2. The Bertz CT molecular complexity index is 1200. The molecule has 0 spiro atoms. The van der Waals surface area contributed by atoms with Gasteiger partial charge in [0.15, 0.2) is 6.17 Å². The molecular weight excluding hydrogens is 372 g/mol. The molecule has 0 unspecified atom stereocenters. The molecule has 9 nitrogen and oxygen atoms in total. The molecule has 0 aliphatic carbocycles. The van der Waals surface area contributed by atoms with Crippen molar-refractivity contribution >= 4 is 23.3 Å². The molecular formula is C20H18N6O3. The van der Waals surface area contributed by atoms with E-state index >= 15 is 0 Å². The van der Waals surface area contributed by atoms with Crippen LogP contribution in [-0.2, 0) is 0 Å². The number of hydrogen-bond donors (Lipinski definition) is 2. The number of rotatable bonds is 3. The summed E-state index contributed by atoms with van der Waals surface area (Å²) < 4.78 is 1.32. The van der Waals surface area contributed by atoms with Crippen molar-refractivity contribution < 1.29 is 4.92 Å². The van der Waals surface area contributed by atoms with E-state index in [2.05, 4.69) is 20.6 Å². The lowest BCUT2D eigenvalue weighted by atomic mass is 10.1. The average Bonchev–Trinajstić information content (AvgIpc) is 2.67. The Balaban J connectivity index is 1.86. The highest BCUT2D eigenvalue weighted by Gasteiger charge is 2.30. The molecule has 0 radical (unpaired) electrons. The molecule has 0 saturated heterocycles. The highest BCUT2D eigenvalue weighted by molar-refractivity contribution is 6.03. The molecule has 1 aliphatic rings. The molecule has 2 N–H and O–H groups in total. The lowest BCUT2D eigenvalue weighted by Gasteiger charge is -2.26. The predicted molar refractivity (Wildman–Crippen MR) is 110 cm³/mol. The number of nitrogens with one attached hydrogen (secondary N) is 2. The molecule has 0 saturated carbocycles. The number of anilines is 2. The molecule has 1 aromatic heterocycles. The van der Waals surface area contributed by atoms with Gasteiger partial charge in [0.2, 0.25) is 11.9 Å². The van der Waals surface area contributed by atoms with Gasteiger partial charge in [-0.1, -0.05) is 24.3 Å². The third-order valence-corrected chi connectivity index (χ3v) is 4.50. The number of nitro groups is 1. The minimum Gasteiger partial charge on any atom is -0.326 e. The van der Waals surface area contributed by atoms with Crippen molar-refractivity contribution in [2.75, 3.05) is 10.6 Å². The van der Waals surface area contributed by atoms with Crippen molar-refractivity contribution in [1.29, 1.82) is 0 Å². The lowest BCUT2D eigenvalue weighted by Crippen LogP contribution is -2.37. The molecule has 0 fully saturated rings. The topological polar surface area (TPSA) is 114 Å². The second kappa shape index (κ2) is 7.19. The zero-order chi connectivity index (χ0) is 20.5. The van der Waals surface area contributed by atoms with Crippen LogP contribution in [0.3, 0.4) is 0 Å². The molecule has 1 aliphatic heterocycles. The second-order valence-electron chi connectivity index (χ2n) is 6.72.